The molecule has 0 aromatic heterocycles. The van der Waals surface area contributed by atoms with Crippen LogP contribution in [0.25, 0.3) is 0 Å². The van der Waals surface area contributed by atoms with Crippen molar-refractivity contribution in [1.29, 1.82) is 0 Å². The van der Waals surface area contributed by atoms with E-state index in [1.165, 1.54) is 11.1 Å². The SMILES string of the molecule is COc1cccc2c1CC[C@H]1[C@@H](CO)[C@H](O[Si](C)(C)C(C)(C)C)CC[C@]21C. The molecule has 152 valence electrons. The van der Waals surface area contributed by atoms with Crippen LogP contribution in [0.5, 0.6) is 5.75 Å². The molecule has 0 bridgehead atoms. The van der Waals surface area contributed by atoms with Gasteiger partial charge in [0.05, 0.1) is 13.2 Å². The number of benzene rings is 1. The maximum absolute atomic E-state index is 10.4. The fourth-order valence-corrected chi connectivity index (χ4v) is 6.64. The van der Waals surface area contributed by atoms with Gasteiger partial charge in [-0.05, 0) is 72.3 Å². The molecule has 2 aliphatic carbocycles. The Hall–Kier alpha value is -0.843. The highest BCUT2D eigenvalue weighted by Crippen LogP contribution is 2.54. The Morgan fingerprint density at radius 1 is 1.22 bits per heavy atom. The second kappa shape index (κ2) is 7.20. The molecule has 0 aliphatic heterocycles. The summed E-state index contributed by atoms with van der Waals surface area (Å²) in [5, 5.41) is 10.6. The third-order valence-corrected chi connectivity index (χ3v) is 12.4. The molecule has 0 radical (unpaired) electrons. The fraction of sp³-hybridized carbons (Fsp3) is 0.739. The number of aliphatic hydroxyl groups excluding tert-OH is 1. The molecule has 0 heterocycles. The van der Waals surface area contributed by atoms with E-state index in [4.69, 9.17) is 9.16 Å². The molecule has 3 nitrogen and oxygen atoms in total. The summed E-state index contributed by atoms with van der Waals surface area (Å²) in [5.74, 6) is 1.70. The summed E-state index contributed by atoms with van der Waals surface area (Å²) < 4.78 is 12.5. The highest BCUT2D eigenvalue weighted by atomic mass is 28.4. The molecule has 3 rings (SSSR count). The minimum atomic E-state index is -1.85. The van der Waals surface area contributed by atoms with Crippen LogP contribution in [-0.2, 0) is 16.3 Å². The zero-order chi connectivity index (χ0) is 20.0. The number of hydrogen-bond donors (Lipinski definition) is 1. The molecule has 1 aromatic rings. The fourth-order valence-electron chi connectivity index (χ4n) is 5.24. The maximum Gasteiger partial charge on any atom is 0.192 e. The Labute approximate surface area is 166 Å². The Bertz CT molecular complexity index is 679. The average molecular weight is 391 g/mol. The van der Waals surface area contributed by atoms with Gasteiger partial charge in [0.1, 0.15) is 5.75 Å². The van der Waals surface area contributed by atoms with Crippen molar-refractivity contribution >= 4 is 8.32 Å². The van der Waals surface area contributed by atoms with Crippen molar-refractivity contribution in [3.05, 3.63) is 29.3 Å². The van der Waals surface area contributed by atoms with Crippen molar-refractivity contribution in [2.45, 2.75) is 83.0 Å². The lowest BCUT2D eigenvalue weighted by molar-refractivity contribution is -0.0346. The second-order valence-electron chi connectivity index (χ2n) is 10.4. The summed E-state index contributed by atoms with van der Waals surface area (Å²) in [6.45, 7) is 14.2. The number of methoxy groups -OCH3 is 1. The zero-order valence-corrected chi connectivity index (χ0v) is 19.3. The largest absolute Gasteiger partial charge is 0.496 e. The van der Waals surface area contributed by atoms with Gasteiger partial charge in [-0.1, -0.05) is 39.8 Å². The van der Waals surface area contributed by atoms with Crippen molar-refractivity contribution in [3.8, 4) is 5.75 Å². The van der Waals surface area contributed by atoms with Crippen molar-refractivity contribution < 1.29 is 14.3 Å². The van der Waals surface area contributed by atoms with Gasteiger partial charge in [-0.3, -0.25) is 0 Å². The predicted octanol–water partition coefficient (Wildman–Crippen LogP) is 5.31. The molecule has 27 heavy (non-hydrogen) atoms. The Morgan fingerprint density at radius 3 is 2.52 bits per heavy atom. The topological polar surface area (TPSA) is 38.7 Å². The number of ether oxygens (including phenoxy) is 1. The first-order chi connectivity index (χ1) is 12.5. The number of rotatable bonds is 4. The molecular weight excluding hydrogens is 352 g/mol. The predicted molar refractivity (Wildman–Crippen MR) is 114 cm³/mol. The van der Waals surface area contributed by atoms with E-state index in [1.54, 1.807) is 7.11 Å². The third kappa shape index (κ3) is 3.49. The van der Waals surface area contributed by atoms with E-state index in [-0.39, 0.29) is 29.1 Å². The van der Waals surface area contributed by atoms with Crippen molar-refractivity contribution in [2.75, 3.05) is 13.7 Å². The van der Waals surface area contributed by atoms with Crippen LogP contribution in [0.2, 0.25) is 18.1 Å². The van der Waals surface area contributed by atoms with E-state index in [1.807, 2.05) is 0 Å². The minimum Gasteiger partial charge on any atom is -0.496 e. The van der Waals surface area contributed by atoms with E-state index in [0.29, 0.717) is 5.92 Å². The smallest absolute Gasteiger partial charge is 0.192 e. The molecule has 0 spiro atoms. The molecule has 1 N–H and O–H groups in total. The average Bonchev–Trinajstić information content (AvgIpc) is 2.60. The van der Waals surface area contributed by atoms with Crippen molar-refractivity contribution in [1.82, 2.24) is 0 Å². The Kier molecular flexibility index (Phi) is 5.57. The standard InChI is InChI=1S/C23H38O3Si/c1-22(2,3)27(6,7)26-21-13-14-23(4)18-9-8-10-20(25-5)16(18)11-12-19(23)17(21)15-24/h8-10,17,19,21,24H,11-15H2,1-7H3/t17-,19+,21-,23-/m1/s1. The lowest BCUT2D eigenvalue weighted by Crippen LogP contribution is -2.54. The molecule has 4 heteroatoms. The van der Waals surface area contributed by atoms with Crippen LogP contribution < -0.4 is 4.74 Å². The molecule has 0 unspecified atom stereocenters. The molecular formula is C23H38O3Si. The van der Waals surface area contributed by atoms with E-state index < -0.39 is 8.32 Å². The highest BCUT2D eigenvalue weighted by Gasteiger charge is 2.52. The van der Waals surface area contributed by atoms with Crippen LogP contribution in [0.1, 0.15) is 58.1 Å². The molecule has 4 atom stereocenters. The van der Waals surface area contributed by atoms with E-state index in [9.17, 15) is 5.11 Å². The zero-order valence-electron chi connectivity index (χ0n) is 18.3. The van der Waals surface area contributed by atoms with Gasteiger partial charge in [-0.2, -0.15) is 0 Å². The molecule has 1 saturated carbocycles. The lowest BCUT2D eigenvalue weighted by Gasteiger charge is -2.54. The molecule has 1 fully saturated rings. The van der Waals surface area contributed by atoms with Gasteiger partial charge < -0.3 is 14.3 Å². The first-order valence-corrected chi connectivity index (χ1v) is 13.4. The second-order valence-corrected chi connectivity index (χ2v) is 15.1. The minimum absolute atomic E-state index is 0.100. The molecule has 0 amide bonds. The van der Waals surface area contributed by atoms with Crippen molar-refractivity contribution in [3.63, 3.8) is 0 Å². The summed E-state index contributed by atoms with van der Waals surface area (Å²) in [7, 11) is -0.0804. The normalized spacial score (nSPS) is 31.2. The van der Waals surface area contributed by atoms with E-state index in [0.717, 1.165) is 31.4 Å². The lowest BCUT2D eigenvalue weighted by atomic mass is 9.54. The molecule has 1 aromatic carbocycles. The Balaban J connectivity index is 1.92. The summed E-state index contributed by atoms with van der Waals surface area (Å²) in [5.41, 5.74) is 2.91. The van der Waals surface area contributed by atoms with Gasteiger partial charge in [0, 0.05) is 12.5 Å². The first-order valence-electron chi connectivity index (χ1n) is 10.5. The van der Waals surface area contributed by atoms with Crippen LogP contribution in [0.3, 0.4) is 0 Å². The highest BCUT2D eigenvalue weighted by molar-refractivity contribution is 6.74. The van der Waals surface area contributed by atoms with E-state index >= 15 is 0 Å². The summed E-state index contributed by atoms with van der Waals surface area (Å²) in [6.07, 6.45) is 4.46. The number of aliphatic hydroxyl groups is 1. The van der Waals surface area contributed by atoms with Gasteiger partial charge in [-0.15, -0.1) is 0 Å². The monoisotopic (exact) mass is 390 g/mol. The van der Waals surface area contributed by atoms with Gasteiger partial charge in [0.2, 0.25) is 0 Å². The third-order valence-electron chi connectivity index (χ3n) is 7.90. The van der Waals surface area contributed by atoms with E-state index in [2.05, 4.69) is 59.0 Å². The molecule has 0 saturated heterocycles. The van der Waals surface area contributed by atoms with Gasteiger partial charge in [0.25, 0.3) is 0 Å². The van der Waals surface area contributed by atoms with Gasteiger partial charge in [-0.25, -0.2) is 0 Å². The number of fused-ring (bicyclic) bond motifs is 3. The van der Waals surface area contributed by atoms with Crippen LogP contribution in [0.15, 0.2) is 18.2 Å². The van der Waals surface area contributed by atoms with Crippen LogP contribution >= 0.6 is 0 Å². The van der Waals surface area contributed by atoms with Crippen LogP contribution in [0, 0.1) is 11.8 Å². The van der Waals surface area contributed by atoms with Gasteiger partial charge >= 0.3 is 0 Å². The quantitative estimate of drug-likeness (QED) is 0.708. The Morgan fingerprint density at radius 2 is 1.93 bits per heavy atom. The molecule has 2 aliphatic rings. The number of hydrogen-bond acceptors (Lipinski definition) is 3. The maximum atomic E-state index is 10.4. The van der Waals surface area contributed by atoms with Crippen LogP contribution in [-0.4, -0.2) is 33.2 Å². The van der Waals surface area contributed by atoms with Crippen LogP contribution in [0.4, 0.5) is 0 Å². The summed E-state index contributed by atoms with van der Waals surface area (Å²) >= 11 is 0. The van der Waals surface area contributed by atoms with Gasteiger partial charge in [0.15, 0.2) is 8.32 Å². The summed E-state index contributed by atoms with van der Waals surface area (Å²) in [6, 6.07) is 6.49. The van der Waals surface area contributed by atoms with Crippen molar-refractivity contribution in [2.24, 2.45) is 11.8 Å². The first kappa shape index (κ1) is 20.9. The summed E-state index contributed by atoms with van der Waals surface area (Å²) in [4.78, 5) is 0.